The summed E-state index contributed by atoms with van der Waals surface area (Å²) in [5.74, 6) is 0.339. The van der Waals surface area contributed by atoms with E-state index < -0.39 is 25.2 Å². The first-order valence-corrected chi connectivity index (χ1v) is 29.4. The summed E-state index contributed by atoms with van der Waals surface area (Å²) in [4.78, 5) is 4.11. The number of hydrogen-bond acceptors (Lipinski definition) is 2. The molecule has 71 heavy (non-hydrogen) atoms. The van der Waals surface area contributed by atoms with Crippen LogP contribution in [0, 0.1) is 55.4 Å². The Bertz CT molecular complexity index is 3070. The van der Waals surface area contributed by atoms with Crippen LogP contribution in [-0.2, 0) is 23.3 Å². The van der Waals surface area contributed by atoms with Crippen LogP contribution in [-0.4, -0.2) is 9.51 Å². The second kappa shape index (κ2) is 23.6. The van der Waals surface area contributed by atoms with Crippen LogP contribution in [0.15, 0.2) is 192 Å². The van der Waals surface area contributed by atoms with E-state index in [9.17, 15) is 5.11 Å². The van der Waals surface area contributed by atoms with Gasteiger partial charge in [-0.3, -0.25) is 0 Å². The molecule has 8 aromatic carbocycles. The van der Waals surface area contributed by atoms with Crippen LogP contribution in [0.5, 0.6) is 5.75 Å². The number of halogens is 2. The van der Waals surface area contributed by atoms with Crippen molar-refractivity contribution in [3.8, 4) is 28.0 Å². The van der Waals surface area contributed by atoms with Gasteiger partial charge in [0.2, 0.25) is 0 Å². The average molecular weight is 1160 g/mol. The number of phenols is 1. The fraction of sp³-hybridized carbons (Fsp3) is 0.172. The molecule has 1 heterocycles. The molecular formula is C64H63Cl2N2OPW. The fourth-order valence-corrected chi connectivity index (χ4v) is 17.5. The Kier molecular flexibility index (Phi) is 17.6. The smallest absolute Gasteiger partial charge is 0.144 e. The van der Waals surface area contributed by atoms with Crippen molar-refractivity contribution in [2.24, 2.45) is 3.50 Å². The summed E-state index contributed by atoms with van der Waals surface area (Å²) in [6, 6.07) is 66.4. The maximum atomic E-state index is 12.3. The zero-order valence-corrected chi connectivity index (χ0v) is 47.8. The van der Waals surface area contributed by atoms with Crippen molar-refractivity contribution in [1.82, 2.24) is 4.98 Å². The number of rotatable bonds is 9. The second-order valence-corrected chi connectivity index (χ2v) is 25.3. The molecule has 360 valence electrons. The molecule has 0 saturated carbocycles. The van der Waals surface area contributed by atoms with Crippen molar-refractivity contribution in [2.75, 3.05) is 0 Å². The van der Waals surface area contributed by atoms with Crippen molar-refractivity contribution in [1.29, 1.82) is 0 Å². The SMILES string of the molecule is CC(C)([CH]=[W]=[N]c1c(Cl)cccc1Cl)c1ccccc1.Cc1cc(C)c(-c2cc([P+](c3ccccc3)(c3ccccc3)c3ccccc3)cc(-c3c(C)cc(C)cc3C)c2O)c(C)c1.Cc1ccc(C)[n-]1. The zero-order valence-electron chi connectivity index (χ0n) is 42.4. The summed E-state index contributed by atoms with van der Waals surface area (Å²) >= 11 is 11.3. The van der Waals surface area contributed by atoms with Gasteiger partial charge in [0.1, 0.15) is 34.2 Å². The molecule has 0 amide bonds. The predicted molar refractivity (Wildman–Crippen MR) is 306 cm³/mol. The van der Waals surface area contributed by atoms with E-state index in [4.69, 9.17) is 23.2 Å². The summed E-state index contributed by atoms with van der Waals surface area (Å²) in [6.45, 7) is 21.4. The first-order chi connectivity index (χ1) is 34.0. The molecule has 0 aliphatic rings. The Morgan fingerprint density at radius 2 is 0.845 bits per heavy atom. The molecule has 0 fully saturated rings. The van der Waals surface area contributed by atoms with Crippen LogP contribution in [0.2, 0.25) is 10.0 Å². The number of aromatic hydroxyl groups is 1. The number of aryl methyl sites for hydroxylation is 8. The minimum absolute atomic E-state index is 0.0309. The van der Waals surface area contributed by atoms with Crippen LogP contribution in [0.1, 0.15) is 64.2 Å². The third-order valence-corrected chi connectivity index (χ3v) is 21.1. The largest absolute Gasteiger partial charge is 0.665 e. The summed E-state index contributed by atoms with van der Waals surface area (Å²) in [6.07, 6.45) is 0. The zero-order chi connectivity index (χ0) is 50.9. The molecule has 0 unspecified atom stereocenters. The van der Waals surface area contributed by atoms with Gasteiger partial charge in [-0.2, -0.15) is 11.4 Å². The molecule has 0 spiro atoms. The second-order valence-electron chi connectivity index (χ2n) is 18.8. The molecule has 3 nitrogen and oxygen atoms in total. The van der Waals surface area contributed by atoms with Gasteiger partial charge in [-0.05, 0) is 123 Å². The summed E-state index contributed by atoms with van der Waals surface area (Å²) in [5, 5.41) is 18.7. The monoisotopic (exact) mass is 1160 g/mol. The topological polar surface area (TPSA) is 46.7 Å². The minimum Gasteiger partial charge on any atom is -0.665 e. The van der Waals surface area contributed by atoms with E-state index in [1.807, 2.05) is 50.2 Å². The molecule has 1 aromatic heterocycles. The van der Waals surface area contributed by atoms with Gasteiger partial charge in [0.25, 0.3) is 0 Å². The first kappa shape index (κ1) is 53.0. The van der Waals surface area contributed by atoms with Gasteiger partial charge in [-0.15, -0.1) is 0 Å². The Morgan fingerprint density at radius 1 is 0.479 bits per heavy atom. The van der Waals surface area contributed by atoms with Crippen molar-refractivity contribution >= 4 is 61.8 Å². The standard InChI is InChI=1S/C42H39OP.C10H12.C6H3Cl2N.C6H8N.W/c1-28-22-30(3)40(31(4)23-28)38-26-37(27-39(42(38)43)41-32(5)24-29(2)25-33(41)6)44(34-16-10-7-11-17-34,35-18-12-8-13-19-35)36-20-14-9-15-21-36;1-10(2,3)9-7-5-4-6-8-9;7-4-2-1-3-5(8)6(4)9;1-5-3-4-6(2)7-5;/h7-27H,1-6H3;1,4-8H,2-3H3;1-3H;3-4H,1-2H3;/q;;;-1;/p+1. The Hall–Kier alpha value is -5.79. The molecule has 0 saturated heterocycles. The van der Waals surface area contributed by atoms with Crippen LogP contribution in [0.4, 0.5) is 5.69 Å². The van der Waals surface area contributed by atoms with Gasteiger partial charge in [-0.25, -0.2) is 0 Å². The summed E-state index contributed by atoms with van der Waals surface area (Å²) in [5.41, 5.74) is 15.4. The van der Waals surface area contributed by atoms with Gasteiger partial charge in [0.15, 0.2) is 0 Å². The quantitative estimate of drug-likeness (QED) is 0.146. The van der Waals surface area contributed by atoms with Crippen molar-refractivity contribution in [3.63, 3.8) is 0 Å². The van der Waals surface area contributed by atoms with Gasteiger partial charge in [0, 0.05) is 11.1 Å². The number of phenolic OH excluding ortho intramolecular Hbond substituents is 1. The first-order valence-electron chi connectivity index (χ1n) is 23.9. The van der Waals surface area contributed by atoms with Crippen molar-refractivity contribution in [3.05, 3.63) is 248 Å². The predicted octanol–water partition coefficient (Wildman–Crippen LogP) is 16.1. The van der Waals surface area contributed by atoms with E-state index in [0.29, 0.717) is 15.8 Å². The van der Waals surface area contributed by atoms with Crippen LogP contribution >= 0.6 is 30.5 Å². The molecular weight excluding hydrogens is 1100 g/mol. The molecule has 0 aliphatic carbocycles. The molecule has 0 bridgehead atoms. The molecule has 9 aromatic rings. The number of hydrogen-bond donors (Lipinski definition) is 1. The van der Waals surface area contributed by atoms with Gasteiger partial charge in [0.05, 0.1) is 0 Å². The molecule has 7 heteroatoms. The average Bonchev–Trinajstić information content (AvgIpc) is 3.74. The Labute approximate surface area is 441 Å². The van der Waals surface area contributed by atoms with E-state index in [1.165, 1.54) is 60.2 Å². The molecule has 9 rings (SSSR count). The maximum absolute atomic E-state index is 12.3. The molecule has 0 atom stereocenters. The van der Waals surface area contributed by atoms with E-state index in [-0.39, 0.29) is 5.41 Å². The molecule has 1 N–H and O–H groups in total. The normalized spacial score (nSPS) is 11.2. The maximum Gasteiger partial charge on any atom is 0.144 e. The van der Waals surface area contributed by atoms with Crippen LogP contribution < -0.4 is 26.2 Å². The molecule has 0 aliphatic heterocycles. The molecule has 0 radical (unpaired) electrons. The van der Waals surface area contributed by atoms with Gasteiger partial charge in [-0.1, -0.05) is 116 Å². The van der Waals surface area contributed by atoms with Crippen molar-refractivity contribution < 1.29 is 23.0 Å². The summed E-state index contributed by atoms with van der Waals surface area (Å²) < 4.78 is 7.00. The van der Waals surface area contributed by atoms with E-state index in [1.54, 1.807) is 0 Å². The minimum atomic E-state index is -2.41. The number of aromatic nitrogens is 1. The fourth-order valence-electron chi connectivity index (χ4n) is 9.57. The Balaban J connectivity index is 0.000000225. The van der Waals surface area contributed by atoms with E-state index in [2.05, 4.69) is 220 Å². The van der Waals surface area contributed by atoms with Crippen LogP contribution in [0.3, 0.4) is 0 Å². The number of benzene rings is 8. The third kappa shape index (κ3) is 12.3. The van der Waals surface area contributed by atoms with Crippen molar-refractivity contribution in [2.45, 2.75) is 74.7 Å². The Morgan fingerprint density at radius 3 is 1.20 bits per heavy atom. The van der Waals surface area contributed by atoms with Crippen LogP contribution in [0.25, 0.3) is 22.3 Å². The summed E-state index contributed by atoms with van der Waals surface area (Å²) in [7, 11) is -2.41. The van der Waals surface area contributed by atoms with Gasteiger partial charge < -0.3 is 10.1 Å². The number of nitrogens with zero attached hydrogens (tertiary/aromatic N) is 2. The van der Waals surface area contributed by atoms with E-state index >= 15 is 0 Å². The van der Waals surface area contributed by atoms with E-state index in [0.717, 1.165) is 39.3 Å². The van der Waals surface area contributed by atoms with Gasteiger partial charge >= 0.3 is 138 Å². The third-order valence-electron chi connectivity index (χ3n) is 12.7.